The van der Waals surface area contributed by atoms with Gasteiger partial charge >= 0.3 is 5.97 Å². The Hall–Kier alpha value is -0.220. The van der Waals surface area contributed by atoms with Crippen LogP contribution in [0.1, 0.15) is 46.5 Å². The molecular weight excluding hydrogens is 224 g/mol. The number of aliphatic hydroxyl groups is 1. The van der Waals surface area contributed by atoms with E-state index >= 15 is 0 Å². The molecule has 0 aliphatic heterocycles. The zero-order valence-electron chi connectivity index (χ0n) is 11.0. The van der Waals surface area contributed by atoms with Gasteiger partial charge in [0.2, 0.25) is 0 Å². The van der Waals surface area contributed by atoms with Crippen molar-refractivity contribution in [1.82, 2.24) is 0 Å². The molecule has 0 aromatic heterocycles. The van der Waals surface area contributed by atoms with Crippen molar-refractivity contribution in [3.63, 3.8) is 0 Å². The number of ether oxygens (including phenoxy) is 1. The van der Waals surface area contributed by atoms with Crippen LogP contribution in [0.3, 0.4) is 0 Å². The van der Waals surface area contributed by atoms with E-state index in [0.717, 1.165) is 12.8 Å². The zero-order valence-corrected chi connectivity index (χ0v) is 11.8. The molecule has 0 saturated heterocycles. The van der Waals surface area contributed by atoms with Crippen molar-refractivity contribution in [2.75, 3.05) is 19.5 Å². The molecule has 0 bridgehead atoms. The van der Waals surface area contributed by atoms with Crippen LogP contribution in [-0.4, -0.2) is 35.8 Å². The lowest BCUT2D eigenvalue weighted by Crippen LogP contribution is -2.03. The highest BCUT2D eigenvalue weighted by Crippen LogP contribution is 2.15. The normalized spacial score (nSPS) is 11.3. The van der Waals surface area contributed by atoms with Crippen LogP contribution in [0.5, 0.6) is 0 Å². The standard InChI is InChI=1S/C7H16OS.C5H10O2/c1-3-4-7(9-2)5-6-8;1-3-4-7-5(2)6/h7-8H,3-6H2,1-2H3;3-4H2,1-2H3. The molecule has 0 aliphatic rings. The summed E-state index contributed by atoms with van der Waals surface area (Å²) in [5.74, 6) is -0.193. The monoisotopic (exact) mass is 250 g/mol. The van der Waals surface area contributed by atoms with Gasteiger partial charge in [-0.25, -0.2) is 0 Å². The molecule has 0 fully saturated rings. The van der Waals surface area contributed by atoms with E-state index in [2.05, 4.69) is 17.9 Å². The second kappa shape index (κ2) is 14.8. The highest BCUT2D eigenvalue weighted by molar-refractivity contribution is 7.99. The number of hydrogen-bond donors (Lipinski definition) is 1. The van der Waals surface area contributed by atoms with Gasteiger partial charge in [-0.1, -0.05) is 20.3 Å². The van der Waals surface area contributed by atoms with E-state index in [4.69, 9.17) is 5.11 Å². The lowest BCUT2D eigenvalue weighted by Gasteiger charge is -2.09. The molecule has 1 N–H and O–H groups in total. The van der Waals surface area contributed by atoms with Crippen LogP contribution in [0.4, 0.5) is 0 Å². The van der Waals surface area contributed by atoms with E-state index in [1.54, 1.807) is 0 Å². The van der Waals surface area contributed by atoms with Gasteiger partial charge in [0.15, 0.2) is 0 Å². The Kier molecular flexibility index (Phi) is 16.8. The van der Waals surface area contributed by atoms with Gasteiger partial charge in [0.25, 0.3) is 0 Å². The summed E-state index contributed by atoms with van der Waals surface area (Å²) >= 11 is 1.86. The van der Waals surface area contributed by atoms with Crippen molar-refractivity contribution in [1.29, 1.82) is 0 Å². The van der Waals surface area contributed by atoms with Crippen molar-refractivity contribution in [3.8, 4) is 0 Å². The van der Waals surface area contributed by atoms with Crippen LogP contribution >= 0.6 is 11.8 Å². The maximum atomic E-state index is 9.98. The Bertz CT molecular complexity index is 145. The van der Waals surface area contributed by atoms with Crippen LogP contribution < -0.4 is 0 Å². The molecule has 0 aliphatic carbocycles. The van der Waals surface area contributed by atoms with Crippen LogP contribution in [0.2, 0.25) is 0 Å². The number of rotatable bonds is 7. The fourth-order valence-electron chi connectivity index (χ4n) is 1.09. The van der Waals surface area contributed by atoms with Crippen LogP contribution in [0.25, 0.3) is 0 Å². The third kappa shape index (κ3) is 16.2. The number of aliphatic hydroxyl groups excluding tert-OH is 1. The molecule has 0 radical (unpaired) electrons. The summed E-state index contributed by atoms with van der Waals surface area (Å²) < 4.78 is 4.55. The van der Waals surface area contributed by atoms with Gasteiger partial charge in [0, 0.05) is 18.8 Å². The lowest BCUT2D eigenvalue weighted by atomic mass is 10.2. The summed E-state index contributed by atoms with van der Waals surface area (Å²) in [6.45, 7) is 6.44. The van der Waals surface area contributed by atoms with Gasteiger partial charge in [0.1, 0.15) is 0 Å². The second-order valence-electron chi connectivity index (χ2n) is 3.50. The average Bonchev–Trinajstić information content (AvgIpc) is 2.27. The molecule has 3 nitrogen and oxygen atoms in total. The molecule has 0 rings (SSSR count). The van der Waals surface area contributed by atoms with E-state index in [-0.39, 0.29) is 5.97 Å². The van der Waals surface area contributed by atoms with Gasteiger partial charge in [-0.3, -0.25) is 4.79 Å². The molecule has 0 heterocycles. The minimum absolute atomic E-state index is 0.193. The Balaban J connectivity index is 0. The highest BCUT2D eigenvalue weighted by Gasteiger charge is 2.02. The third-order valence-corrected chi connectivity index (χ3v) is 3.04. The Morgan fingerprint density at radius 2 is 1.94 bits per heavy atom. The number of carbonyl (C=O) groups is 1. The molecule has 1 unspecified atom stereocenters. The molecule has 4 heteroatoms. The minimum atomic E-state index is -0.193. The van der Waals surface area contributed by atoms with Crippen molar-refractivity contribution >= 4 is 17.7 Å². The smallest absolute Gasteiger partial charge is 0.302 e. The second-order valence-corrected chi connectivity index (χ2v) is 4.64. The molecule has 1 atom stereocenters. The molecule has 0 saturated carbocycles. The van der Waals surface area contributed by atoms with Crippen molar-refractivity contribution in [2.24, 2.45) is 0 Å². The summed E-state index contributed by atoms with van der Waals surface area (Å²) in [4.78, 5) is 9.98. The minimum Gasteiger partial charge on any atom is -0.466 e. The van der Waals surface area contributed by atoms with E-state index in [0.29, 0.717) is 18.5 Å². The molecule has 0 amide bonds. The quantitative estimate of drug-likeness (QED) is 0.706. The van der Waals surface area contributed by atoms with Gasteiger partial charge < -0.3 is 9.84 Å². The van der Waals surface area contributed by atoms with Gasteiger partial charge in [-0.2, -0.15) is 11.8 Å². The fourth-order valence-corrected chi connectivity index (χ4v) is 1.90. The SMILES string of the molecule is CCCC(CCO)SC.CCCOC(C)=O. The summed E-state index contributed by atoms with van der Waals surface area (Å²) in [6, 6.07) is 0. The Morgan fingerprint density at radius 1 is 1.31 bits per heavy atom. The first-order valence-electron chi connectivity index (χ1n) is 5.89. The van der Waals surface area contributed by atoms with Crippen molar-refractivity contribution in [3.05, 3.63) is 0 Å². The lowest BCUT2D eigenvalue weighted by molar-refractivity contribution is -0.140. The van der Waals surface area contributed by atoms with Gasteiger partial charge in [0.05, 0.1) is 6.61 Å². The molecule has 98 valence electrons. The molecule has 0 aromatic carbocycles. The highest BCUT2D eigenvalue weighted by atomic mass is 32.2. The number of carbonyl (C=O) groups excluding carboxylic acids is 1. The number of esters is 1. The van der Waals surface area contributed by atoms with E-state index < -0.39 is 0 Å². The van der Waals surface area contributed by atoms with Gasteiger partial charge in [-0.05, 0) is 25.5 Å². The first kappa shape index (κ1) is 18.2. The average molecular weight is 250 g/mol. The maximum absolute atomic E-state index is 9.98. The van der Waals surface area contributed by atoms with Crippen LogP contribution in [-0.2, 0) is 9.53 Å². The Morgan fingerprint density at radius 3 is 2.19 bits per heavy atom. The molecule has 16 heavy (non-hydrogen) atoms. The van der Waals surface area contributed by atoms with Crippen LogP contribution in [0.15, 0.2) is 0 Å². The summed E-state index contributed by atoms with van der Waals surface area (Å²) in [5.41, 5.74) is 0. The van der Waals surface area contributed by atoms with Crippen molar-refractivity contribution in [2.45, 2.75) is 51.7 Å². The predicted molar refractivity (Wildman–Crippen MR) is 70.8 cm³/mol. The van der Waals surface area contributed by atoms with E-state index in [1.165, 1.54) is 19.8 Å². The first-order chi connectivity index (χ1) is 7.62. The number of thioether (sulfide) groups is 1. The topological polar surface area (TPSA) is 46.5 Å². The Labute approximate surface area is 104 Å². The maximum Gasteiger partial charge on any atom is 0.302 e. The van der Waals surface area contributed by atoms with E-state index in [1.807, 2.05) is 18.7 Å². The van der Waals surface area contributed by atoms with Gasteiger partial charge in [-0.15, -0.1) is 0 Å². The predicted octanol–water partition coefficient (Wildman–Crippen LogP) is 2.86. The summed E-state index contributed by atoms with van der Waals surface area (Å²) in [5, 5.41) is 9.26. The fraction of sp³-hybridized carbons (Fsp3) is 0.917. The van der Waals surface area contributed by atoms with E-state index in [9.17, 15) is 4.79 Å². The number of hydrogen-bond acceptors (Lipinski definition) is 4. The summed E-state index contributed by atoms with van der Waals surface area (Å²) in [7, 11) is 0. The first-order valence-corrected chi connectivity index (χ1v) is 7.18. The molecule has 0 aromatic rings. The third-order valence-electron chi connectivity index (χ3n) is 1.90. The van der Waals surface area contributed by atoms with Crippen molar-refractivity contribution < 1.29 is 14.6 Å². The molecular formula is C12H26O3S. The zero-order chi connectivity index (χ0) is 12.8. The van der Waals surface area contributed by atoms with Crippen LogP contribution in [0, 0.1) is 0 Å². The summed E-state index contributed by atoms with van der Waals surface area (Å²) in [6.07, 6.45) is 6.43. The largest absolute Gasteiger partial charge is 0.466 e. The molecule has 0 spiro atoms.